The minimum absolute atomic E-state index is 0.236. The molecule has 126 valence electrons. The Morgan fingerprint density at radius 1 is 1.22 bits per heavy atom. The summed E-state index contributed by atoms with van der Waals surface area (Å²) < 4.78 is 13.0. The SMILES string of the molecule is CC(C)(C)NC(=O)NC(=O)C[NH+](Cc1ccc(F)cc1)C1CC1. The topological polar surface area (TPSA) is 62.6 Å². The van der Waals surface area contributed by atoms with Crippen LogP contribution in [0.1, 0.15) is 39.2 Å². The maximum atomic E-state index is 13.0. The number of carbonyl (C=O) groups is 2. The van der Waals surface area contributed by atoms with E-state index in [-0.39, 0.29) is 23.8 Å². The van der Waals surface area contributed by atoms with Gasteiger partial charge in [-0.25, -0.2) is 9.18 Å². The van der Waals surface area contributed by atoms with E-state index in [0.29, 0.717) is 12.6 Å². The highest BCUT2D eigenvalue weighted by Crippen LogP contribution is 2.15. The van der Waals surface area contributed by atoms with Gasteiger partial charge in [0, 0.05) is 23.9 Å². The molecule has 1 saturated carbocycles. The van der Waals surface area contributed by atoms with E-state index in [2.05, 4.69) is 10.6 Å². The average Bonchev–Trinajstić information content (AvgIpc) is 3.22. The molecule has 0 bridgehead atoms. The largest absolute Gasteiger partial charge is 0.333 e. The normalized spacial score (nSPS) is 15.8. The van der Waals surface area contributed by atoms with Crippen molar-refractivity contribution in [3.63, 3.8) is 0 Å². The third kappa shape index (κ3) is 6.36. The van der Waals surface area contributed by atoms with Crippen molar-refractivity contribution in [2.75, 3.05) is 6.54 Å². The fourth-order valence-corrected chi connectivity index (χ4v) is 2.46. The second-order valence-electron chi connectivity index (χ2n) is 7.16. The predicted molar refractivity (Wildman–Crippen MR) is 85.4 cm³/mol. The van der Waals surface area contributed by atoms with Crippen molar-refractivity contribution in [2.45, 2.75) is 51.7 Å². The molecule has 2 rings (SSSR count). The zero-order valence-corrected chi connectivity index (χ0v) is 13.9. The van der Waals surface area contributed by atoms with Crippen LogP contribution in [0.5, 0.6) is 0 Å². The molecule has 0 heterocycles. The highest BCUT2D eigenvalue weighted by molar-refractivity contribution is 5.94. The molecule has 1 aliphatic rings. The van der Waals surface area contributed by atoms with Crippen molar-refractivity contribution in [3.05, 3.63) is 35.6 Å². The zero-order valence-electron chi connectivity index (χ0n) is 13.9. The molecule has 1 fully saturated rings. The minimum atomic E-state index is -0.473. The molecule has 5 nitrogen and oxygen atoms in total. The quantitative estimate of drug-likeness (QED) is 0.757. The Hall–Kier alpha value is -1.95. The maximum Gasteiger partial charge on any atom is 0.322 e. The summed E-state index contributed by atoms with van der Waals surface area (Å²) in [5, 5.41) is 5.08. The Balaban J connectivity index is 1.88. The second-order valence-corrected chi connectivity index (χ2v) is 7.16. The van der Waals surface area contributed by atoms with Crippen LogP contribution in [0.4, 0.5) is 9.18 Å². The lowest BCUT2D eigenvalue weighted by atomic mass is 10.1. The summed E-state index contributed by atoms with van der Waals surface area (Å²) in [6.07, 6.45) is 2.16. The van der Waals surface area contributed by atoms with Crippen LogP contribution in [-0.4, -0.2) is 30.1 Å². The molecule has 23 heavy (non-hydrogen) atoms. The number of imide groups is 1. The Morgan fingerprint density at radius 2 is 1.83 bits per heavy atom. The molecule has 0 spiro atoms. The molecule has 1 atom stereocenters. The summed E-state index contributed by atoms with van der Waals surface area (Å²) >= 11 is 0. The van der Waals surface area contributed by atoms with Crippen molar-refractivity contribution in [1.82, 2.24) is 10.6 Å². The second kappa shape index (κ2) is 7.08. The molecule has 3 amide bonds. The Bertz CT molecular complexity index is 562. The van der Waals surface area contributed by atoms with Gasteiger partial charge in [-0.3, -0.25) is 10.1 Å². The molecule has 3 N–H and O–H groups in total. The van der Waals surface area contributed by atoms with E-state index in [1.54, 1.807) is 12.1 Å². The lowest BCUT2D eigenvalue weighted by Gasteiger charge is -2.22. The summed E-state index contributed by atoms with van der Waals surface area (Å²) in [6.45, 7) is 6.45. The fourth-order valence-electron chi connectivity index (χ4n) is 2.46. The van der Waals surface area contributed by atoms with Gasteiger partial charge in [-0.2, -0.15) is 0 Å². The third-order valence-electron chi connectivity index (χ3n) is 3.63. The van der Waals surface area contributed by atoms with Gasteiger partial charge in [-0.05, 0) is 32.9 Å². The molecule has 0 aliphatic heterocycles. The lowest BCUT2D eigenvalue weighted by Crippen LogP contribution is -3.13. The number of carbonyl (C=O) groups excluding carboxylic acids is 2. The van der Waals surface area contributed by atoms with E-state index >= 15 is 0 Å². The molecule has 0 aromatic heterocycles. The lowest BCUT2D eigenvalue weighted by molar-refractivity contribution is -0.917. The van der Waals surface area contributed by atoms with E-state index in [0.717, 1.165) is 23.3 Å². The number of rotatable bonds is 5. The van der Waals surface area contributed by atoms with Crippen molar-refractivity contribution in [1.29, 1.82) is 0 Å². The number of amides is 3. The van der Waals surface area contributed by atoms with Crippen LogP contribution >= 0.6 is 0 Å². The van der Waals surface area contributed by atoms with Gasteiger partial charge < -0.3 is 10.2 Å². The number of quaternary nitrogens is 1. The van der Waals surface area contributed by atoms with Crippen LogP contribution in [0.2, 0.25) is 0 Å². The van der Waals surface area contributed by atoms with E-state index in [4.69, 9.17) is 0 Å². The number of nitrogens with one attached hydrogen (secondary N) is 3. The molecule has 1 aliphatic carbocycles. The number of benzene rings is 1. The van der Waals surface area contributed by atoms with Crippen LogP contribution in [0.3, 0.4) is 0 Å². The third-order valence-corrected chi connectivity index (χ3v) is 3.63. The van der Waals surface area contributed by atoms with E-state index in [9.17, 15) is 14.0 Å². The number of hydrogen-bond acceptors (Lipinski definition) is 2. The van der Waals surface area contributed by atoms with E-state index in [1.165, 1.54) is 12.1 Å². The molecule has 1 aromatic rings. The van der Waals surface area contributed by atoms with Crippen LogP contribution in [-0.2, 0) is 11.3 Å². The number of urea groups is 1. The van der Waals surface area contributed by atoms with Crippen LogP contribution in [0.25, 0.3) is 0 Å². The van der Waals surface area contributed by atoms with Crippen molar-refractivity contribution < 1.29 is 18.9 Å². The van der Waals surface area contributed by atoms with Crippen molar-refractivity contribution >= 4 is 11.9 Å². The van der Waals surface area contributed by atoms with E-state index < -0.39 is 6.03 Å². The fraction of sp³-hybridized carbons (Fsp3) is 0.529. The van der Waals surface area contributed by atoms with Gasteiger partial charge in [0.25, 0.3) is 5.91 Å². The first kappa shape index (κ1) is 17.4. The molecular formula is C17H25FN3O2+. The van der Waals surface area contributed by atoms with Gasteiger partial charge in [-0.15, -0.1) is 0 Å². The molecule has 6 heteroatoms. The highest BCUT2D eigenvalue weighted by Gasteiger charge is 2.35. The molecular weight excluding hydrogens is 297 g/mol. The van der Waals surface area contributed by atoms with Gasteiger partial charge in [0.1, 0.15) is 12.4 Å². The van der Waals surface area contributed by atoms with Crippen LogP contribution < -0.4 is 15.5 Å². The smallest absolute Gasteiger partial charge is 0.322 e. The number of halogens is 1. The van der Waals surface area contributed by atoms with Gasteiger partial charge in [-0.1, -0.05) is 12.1 Å². The molecule has 0 radical (unpaired) electrons. The van der Waals surface area contributed by atoms with Gasteiger partial charge in [0.2, 0.25) is 0 Å². The van der Waals surface area contributed by atoms with Crippen LogP contribution in [0, 0.1) is 5.82 Å². The first-order valence-electron chi connectivity index (χ1n) is 7.94. The summed E-state index contributed by atoms with van der Waals surface area (Å²) in [7, 11) is 0. The monoisotopic (exact) mass is 322 g/mol. The van der Waals surface area contributed by atoms with Gasteiger partial charge in [0.15, 0.2) is 6.54 Å². The van der Waals surface area contributed by atoms with Gasteiger partial charge in [0.05, 0.1) is 6.04 Å². The summed E-state index contributed by atoms with van der Waals surface area (Å²) in [5.41, 5.74) is 0.599. The standard InChI is InChI=1S/C17H24FN3O2/c1-17(2,3)20-16(23)19-15(22)11-21(14-8-9-14)10-12-4-6-13(18)7-5-12/h4-7,14H,8-11H2,1-3H3,(H2,19,20,22,23)/p+1. The Kier molecular flexibility index (Phi) is 5.36. The zero-order chi connectivity index (χ0) is 17.0. The first-order valence-corrected chi connectivity index (χ1v) is 7.94. The minimum Gasteiger partial charge on any atom is -0.333 e. The Labute approximate surface area is 136 Å². The molecule has 1 unspecified atom stereocenters. The Morgan fingerprint density at radius 3 is 2.35 bits per heavy atom. The number of hydrogen-bond donors (Lipinski definition) is 3. The maximum absolute atomic E-state index is 13.0. The molecule has 0 saturated heterocycles. The van der Waals surface area contributed by atoms with E-state index in [1.807, 2.05) is 20.8 Å². The highest BCUT2D eigenvalue weighted by atomic mass is 19.1. The average molecular weight is 322 g/mol. The first-order chi connectivity index (χ1) is 10.7. The molecule has 1 aromatic carbocycles. The summed E-state index contributed by atoms with van der Waals surface area (Å²) in [5.74, 6) is -0.561. The predicted octanol–water partition coefficient (Wildman–Crippen LogP) is 0.997. The summed E-state index contributed by atoms with van der Waals surface area (Å²) in [6, 6.07) is 6.30. The van der Waals surface area contributed by atoms with Crippen LogP contribution in [0.15, 0.2) is 24.3 Å². The van der Waals surface area contributed by atoms with Gasteiger partial charge >= 0.3 is 6.03 Å². The van der Waals surface area contributed by atoms with Crippen molar-refractivity contribution in [2.24, 2.45) is 0 Å². The summed E-state index contributed by atoms with van der Waals surface area (Å²) in [4.78, 5) is 24.9. The van der Waals surface area contributed by atoms with Crippen molar-refractivity contribution in [3.8, 4) is 0 Å².